The topological polar surface area (TPSA) is 24.5 Å². The number of likely N-dealkylation sites (N-methyl/N-ethyl adjacent to an activating group) is 1. The fraction of sp³-hybridized carbons (Fsp3) is 0.571. The predicted molar refractivity (Wildman–Crippen MR) is 77.7 cm³/mol. The summed E-state index contributed by atoms with van der Waals surface area (Å²) in [5.74, 6) is -0.150. The Morgan fingerprint density at radius 1 is 1.53 bits per heavy atom. The minimum atomic E-state index is -0.150. The van der Waals surface area contributed by atoms with Crippen molar-refractivity contribution >= 4 is 15.9 Å². The van der Waals surface area contributed by atoms with Gasteiger partial charge in [0.2, 0.25) is 0 Å². The van der Waals surface area contributed by atoms with Crippen LogP contribution in [0.4, 0.5) is 4.39 Å². The summed E-state index contributed by atoms with van der Waals surface area (Å²) in [7, 11) is 0. The summed E-state index contributed by atoms with van der Waals surface area (Å²) in [5.41, 5.74) is 0.742. The van der Waals surface area contributed by atoms with Crippen molar-refractivity contribution in [2.75, 3.05) is 32.8 Å². The Bertz CT molecular complexity index is 416. The van der Waals surface area contributed by atoms with Crippen molar-refractivity contribution in [2.45, 2.75) is 19.5 Å². The fourth-order valence-electron chi connectivity index (χ4n) is 2.27. The van der Waals surface area contributed by atoms with Crippen LogP contribution in [0.2, 0.25) is 0 Å². The molecule has 1 aliphatic rings. The summed E-state index contributed by atoms with van der Waals surface area (Å²) < 4.78 is 20.2. The summed E-state index contributed by atoms with van der Waals surface area (Å²) in [4.78, 5) is 2.29. The molecule has 0 aliphatic carbocycles. The van der Waals surface area contributed by atoms with Gasteiger partial charge in [-0.25, -0.2) is 4.39 Å². The first-order valence-corrected chi connectivity index (χ1v) is 7.46. The number of benzene rings is 1. The Morgan fingerprint density at radius 3 is 3.11 bits per heavy atom. The van der Waals surface area contributed by atoms with Gasteiger partial charge < -0.3 is 10.1 Å². The number of halogens is 2. The molecule has 2 rings (SSSR count). The van der Waals surface area contributed by atoms with Crippen LogP contribution in [0.5, 0.6) is 0 Å². The molecule has 1 fully saturated rings. The molecule has 0 saturated carbocycles. The highest BCUT2D eigenvalue weighted by atomic mass is 79.9. The molecule has 1 aromatic rings. The van der Waals surface area contributed by atoms with E-state index in [1.165, 1.54) is 6.07 Å². The van der Waals surface area contributed by atoms with Crippen LogP contribution in [-0.2, 0) is 11.3 Å². The van der Waals surface area contributed by atoms with Gasteiger partial charge in [0, 0.05) is 35.7 Å². The lowest BCUT2D eigenvalue weighted by atomic mass is 10.1. The number of nitrogens with zero attached hydrogens (tertiary/aromatic N) is 1. The molecule has 5 heteroatoms. The van der Waals surface area contributed by atoms with Gasteiger partial charge in [0.05, 0.1) is 13.2 Å². The quantitative estimate of drug-likeness (QED) is 0.897. The minimum absolute atomic E-state index is 0.150. The second-order valence-corrected chi connectivity index (χ2v) is 5.66. The normalized spacial score (nSPS) is 20.7. The fourth-order valence-corrected chi connectivity index (χ4v) is 2.60. The van der Waals surface area contributed by atoms with E-state index in [1.807, 2.05) is 12.1 Å². The van der Waals surface area contributed by atoms with Gasteiger partial charge in [-0.1, -0.05) is 28.9 Å². The Hall–Kier alpha value is -0.490. The Balaban J connectivity index is 2.02. The third-order valence-electron chi connectivity index (χ3n) is 3.37. The molecule has 0 amide bonds. The zero-order valence-corrected chi connectivity index (χ0v) is 12.7. The van der Waals surface area contributed by atoms with Crippen molar-refractivity contribution in [1.29, 1.82) is 0 Å². The monoisotopic (exact) mass is 330 g/mol. The zero-order valence-electron chi connectivity index (χ0n) is 11.2. The van der Waals surface area contributed by atoms with Gasteiger partial charge in [0.25, 0.3) is 0 Å². The predicted octanol–water partition coefficient (Wildman–Crippen LogP) is 2.40. The van der Waals surface area contributed by atoms with E-state index < -0.39 is 0 Å². The maximum absolute atomic E-state index is 13.9. The van der Waals surface area contributed by atoms with Crippen LogP contribution in [0.15, 0.2) is 22.7 Å². The van der Waals surface area contributed by atoms with Crippen molar-refractivity contribution in [2.24, 2.45) is 0 Å². The van der Waals surface area contributed by atoms with Crippen LogP contribution in [-0.4, -0.2) is 43.8 Å². The third kappa shape index (κ3) is 4.24. The van der Waals surface area contributed by atoms with Gasteiger partial charge >= 0.3 is 0 Å². The van der Waals surface area contributed by atoms with Crippen LogP contribution in [0.25, 0.3) is 0 Å². The molecule has 1 atom stereocenters. The second kappa shape index (κ2) is 7.33. The van der Waals surface area contributed by atoms with E-state index in [4.69, 9.17) is 4.74 Å². The van der Waals surface area contributed by atoms with Gasteiger partial charge in [-0.2, -0.15) is 0 Å². The molecule has 1 aliphatic heterocycles. The van der Waals surface area contributed by atoms with Gasteiger partial charge in [-0.05, 0) is 18.7 Å². The molecule has 3 nitrogen and oxygen atoms in total. The zero-order chi connectivity index (χ0) is 13.7. The first-order chi connectivity index (χ1) is 9.20. The summed E-state index contributed by atoms with van der Waals surface area (Å²) in [6, 6.07) is 5.57. The molecular weight excluding hydrogens is 311 g/mol. The van der Waals surface area contributed by atoms with E-state index in [-0.39, 0.29) is 5.82 Å². The average molecular weight is 331 g/mol. The first kappa shape index (κ1) is 14.9. The molecular formula is C14H20BrFN2O. The molecule has 0 spiro atoms. The smallest absolute Gasteiger partial charge is 0.128 e. The SMILES string of the molecule is CCNCC1COCCN1Cc1ccc(Br)cc1F. The summed E-state index contributed by atoms with van der Waals surface area (Å²) in [6.45, 7) is 6.84. The molecule has 0 radical (unpaired) electrons. The molecule has 106 valence electrons. The maximum atomic E-state index is 13.9. The van der Waals surface area contributed by atoms with E-state index >= 15 is 0 Å². The second-order valence-electron chi connectivity index (χ2n) is 4.74. The number of hydrogen-bond acceptors (Lipinski definition) is 3. The summed E-state index contributed by atoms with van der Waals surface area (Å²) in [6.07, 6.45) is 0. The molecule has 1 heterocycles. The van der Waals surface area contributed by atoms with Crippen LogP contribution in [0, 0.1) is 5.82 Å². The van der Waals surface area contributed by atoms with Gasteiger partial charge in [-0.3, -0.25) is 4.90 Å². The van der Waals surface area contributed by atoms with E-state index in [9.17, 15) is 4.39 Å². The molecule has 0 aromatic heterocycles. The van der Waals surface area contributed by atoms with E-state index in [0.717, 1.165) is 36.3 Å². The number of rotatable bonds is 5. The van der Waals surface area contributed by atoms with Crippen molar-refractivity contribution < 1.29 is 9.13 Å². The lowest BCUT2D eigenvalue weighted by Gasteiger charge is -2.35. The van der Waals surface area contributed by atoms with Crippen molar-refractivity contribution in [3.63, 3.8) is 0 Å². The van der Waals surface area contributed by atoms with Crippen molar-refractivity contribution in [3.05, 3.63) is 34.1 Å². The Kier molecular flexibility index (Phi) is 5.76. The van der Waals surface area contributed by atoms with Gasteiger partial charge in [-0.15, -0.1) is 0 Å². The standard InChI is InChI=1S/C14H20BrFN2O/c1-2-17-8-13-10-19-6-5-18(13)9-11-3-4-12(15)7-14(11)16/h3-4,7,13,17H,2,5-6,8-10H2,1H3. The number of hydrogen-bond donors (Lipinski definition) is 1. The van der Waals surface area contributed by atoms with Crippen molar-refractivity contribution in [3.8, 4) is 0 Å². The van der Waals surface area contributed by atoms with Crippen molar-refractivity contribution in [1.82, 2.24) is 10.2 Å². The maximum Gasteiger partial charge on any atom is 0.128 e. The van der Waals surface area contributed by atoms with Gasteiger partial charge in [0.1, 0.15) is 5.82 Å². The third-order valence-corrected chi connectivity index (χ3v) is 3.86. The van der Waals surface area contributed by atoms with Crippen LogP contribution in [0.1, 0.15) is 12.5 Å². The molecule has 0 bridgehead atoms. The van der Waals surface area contributed by atoms with E-state index in [2.05, 4.69) is 33.1 Å². The van der Waals surface area contributed by atoms with E-state index in [1.54, 1.807) is 0 Å². The molecule has 1 saturated heterocycles. The number of nitrogens with one attached hydrogen (secondary N) is 1. The largest absolute Gasteiger partial charge is 0.378 e. The Labute approximate surface area is 122 Å². The minimum Gasteiger partial charge on any atom is -0.378 e. The van der Waals surface area contributed by atoms with E-state index in [0.29, 0.717) is 19.2 Å². The Morgan fingerprint density at radius 2 is 2.37 bits per heavy atom. The lowest BCUT2D eigenvalue weighted by molar-refractivity contribution is -0.0111. The van der Waals surface area contributed by atoms with Crippen LogP contribution < -0.4 is 5.32 Å². The first-order valence-electron chi connectivity index (χ1n) is 6.67. The summed E-state index contributed by atoms with van der Waals surface area (Å²) in [5, 5.41) is 3.33. The molecule has 1 N–H and O–H groups in total. The van der Waals surface area contributed by atoms with Crippen LogP contribution >= 0.6 is 15.9 Å². The molecule has 1 unspecified atom stereocenters. The molecule has 1 aromatic carbocycles. The number of ether oxygens (including phenoxy) is 1. The molecule has 19 heavy (non-hydrogen) atoms. The number of morpholine rings is 1. The average Bonchev–Trinajstić information content (AvgIpc) is 2.41. The lowest BCUT2D eigenvalue weighted by Crippen LogP contribution is -2.49. The highest BCUT2D eigenvalue weighted by Crippen LogP contribution is 2.18. The summed E-state index contributed by atoms with van der Waals surface area (Å²) >= 11 is 3.28. The highest BCUT2D eigenvalue weighted by molar-refractivity contribution is 9.10. The van der Waals surface area contributed by atoms with Gasteiger partial charge in [0.15, 0.2) is 0 Å². The van der Waals surface area contributed by atoms with Crippen LogP contribution in [0.3, 0.4) is 0 Å². The highest BCUT2D eigenvalue weighted by Gasteiger charge is 2.23.